The van der Waals surface area contributed by atoms with Crippen LogP contribution >= 0.6 is 12.2 Å². The van der Waals surface area contributed by atoms with Crippen molar-refractivity contribution in [1.29, 1.82) is 0 Å². The van der Waals surface area contributed by atoms with Crippen LogP contribution in [0.4, 0.5) is 4.39 Å². The predicted octanol–water partition coefficient (Wildman–Crippen LogP) is 3.95. The van der Waals surface area contributed by atoms with Crippen molar-refractivity contribution in [1.82, 2.24) is 15.3 Å². The number of nitrogens with one attached hydrogen (secondary N) is 2. The van der Waals surface area contributed by atoms with E-state index in [0.717, 1.165) is 41.6 Å². The Morgan fingerprint density at radius 3 is 2.82 bits per heavy atom. The maximum absolute atomic E-state index is 12.8. The van der Waals surface area contributed by atoms with Crippen molar-refractivity contribution in [2.75, 3.05) is 6.54 Å². The number of hydrogen-bond donors (Lipinski definition) is 2. The molecule has 2 N–H and O–H groups in total. The summed E-state index contributed by atoms with van der Waals surface area (Å²) in [4.78, 5) is 20.1. The first-order chi connectivity index (χ1) is 13.6. The maximum Gasteiger partial charge on any atom is 0.296 e. The molecule has 0 atom stereocenters. The van der Waals surface area contributed by atoms with E-state index in [9.17, 15) is 9.18 Å². The fourth-order valence-electron chi connectivity index (χ4n) is 2.83. The molecule has 0 saturated heterocycles. The Labute approximate surface area is 168 Å². The Morgan fingerprint density at radius 1 is 1.18 bits per heavy atom. The highest BCUT2D eigenvalue weighted by Gasteiger charge is 2.05. The van der Waals surface area contributed by atoms with Crippen molar-refractivity contribution in [3.05, 3.63) is 65.7 Å². The number of fused-ring (bicyclic) bond motifs is 1. The summed E-state index contributed by atoms with van der Waals surface area (Å²) >= 11 is 5.47. The molecule has 1 aromatic carbocycles. The zero-order valence-corrected chi connectivity index (χ0v) is 16.1. The normalized spacial score (nSPS) is 10.3. The number of amides is 1. The van der Waals surface area contributed by atoms with E-state index >= 15 is 0 Å². The van der Waals surface area contributed by atoms with Gasteiger partial charge in [0.2, 0.25) is 0 Å². The number of halogens is 1. The van der Waals surface area contributed by atoms with Crippen LogP contribution in [0.1, 0.15) is 30.4 Å². The number of aryl methyl sites for hydroxylation is 1. The Balaban J connectivity index is 1.36. The second-order valence-electron chi connectivity index (χ2n) is 6.37. The van der Waals surface area contributed by atoms with Gasteiger partial charge < -0.3 is 10.3 Å². The van der Waals surface area contributed by atoms with Gasteiger partial charge >= 0.3 is 0 Å². The van der Waals surface area contributed by atoms with E-state index < -0.39 is 0 Å². The number of rotatable bonds is 7. The maximum atomic E-state index is 12.8. The lowest BCUT2D eigenvalue weighted by molar-refractivity contribution is -0.115. The largest absolute Gasteiger partial charge is 0.346 e. The standard InChI is InChI=1S/C22H20FN3OS/c23-18-7-3-16(4-8-18)5-10-21(27)24-13-1-2-19(28)9-6-17-11-14-25-22-20(17)12-15-26-22/h3-4,7-8,11-12,14-15H,1-2,6,9,13H2,(H,24,27)(H,25,26). The van der Waals surface area contributed by atoms with Crippen molar-refractivity contribution < 1.29 is 9.18 Å². The van der Waals surface area contributed by atoms with Crippen LogP contribution in [0.2, 0.25) is 0 Å². The van der Waals surface area contributed by atoms with Crippen LogP contribution in [0.5, 0.6) is 0 Å². The number of carbonyl (C=O) groups is 1. The van der Waals surface area contributed by atoms with Crippen molar-refractivity contribution in [3.63, 3.8) is 0 Å². The summed E-state index contributed by atoms with van der Waals surface area (Å²) in [6.45, 7) is 0.522. The minimum Gasteiger partial charge on any atom is -0.346 e. The number of H-pyrrole nitrogens is 1. The molecule has 2 heterocycles. The average Bonchev–Trinajstić information content (AvgIpc) is 3.18. The molecule has 3 aromatic rings. The smallest absolute Gasteiger partial charge is 0.296 e. The molecule has 0 radical (unpaired) electrons. The van der Waals surface area contributed by atoms with Crippen LogP contribution in [0.15, 0.2) is 48.8 Å². The number of hydrogen-bond acceptors (Lipinski definition) is 3. The molecule has 0 unspecified atom stereocenters. The first-order valence-corrected chi connectivity index (χ1v) is 9.51. The molecule has 1 amide bonds. The van der Waals surface area contributed by atoms with Gasteiger partial charge in [-0.15, -0.1) is 0 Å². The topological polar surface area (TPSA) is 57.8 Å². The van der Waals surface area contributed by atoms with Crippen LogP contribution in [0, 0.1) is 17.7 Å². The fourth-order valence-corrected chi connectivity index (χ4v) is 3.08. The molecule has 6 heteroatoms. The molecule has 0 bridgehead atoms. The second kappa shape index (κ2) is 9.77. The first kappa shape index (κ1) is 19.7. The molecule has 0 aliphatic carbocycles. The van der Waals surface area contributed by atoms with Crippen molar-refractivity contribution in [2.24, 2.45) is 0 Å². The fraction of sp³-hybridized carbons (Fsp3) is 0.227. The minimum absolute atomic E-state index is 0.326. The number of aromatic nitrogens is 2. The van der Waals surface area contributed by atoms with E-state index in [1.807, 2.05) is 18.3 Å². The van der Waals surface area contributed by atoms with E-state index in [2.05, 4.69) is 27.1 Å². The first-order valence-electron chi connectivity index (χ1n) is 9.10. The zero-order valence-electron chi connectivity index (χ0n) is 15.3. The van der Waals surface area contributed by atoms with Gasteiger partial charge in [0, 0.05) is 35.8 Å². The van der Waals surface area contributed by atoms with Crippen molar-refractivity contribution >= 4 is 34.0 Å². The van der Waals surface area contributed by atoms with Crippen molar-refractivity contribution in [2.45, 2.75) is 25.7 Å². The van der Waals surface area contributed by atoms with Gasteiger partial charge in [0.1, 0.15) is 11.5 Å². The summed E-state index contributed by atoms with van der Waals surface area (Å²) in [6, 6.07) is 9.77. The molecule has 142 valence electrons. The summed E-state index contributed by atoms with van der Waals surface area (Å²) in [5.74, 6) is 4.54. The molecule has 0 aliphatic heterocycles. The molecule has 4 nitrogen and oxygen atoms in total. The zero-order chi connectivity index (χ0) is 19.8. The summed E-state index contributed by atoms with van der Waals surface area (Å²) in [5, 5.41) is 3.89. The lowest BCUT2D eigenvalue weighted by atomic mass is 10.0. The highest BCUT2D eigenvalue weighted by Crippen LogP contribution is 2.17. The van der Waals surface area contributed by atoms with E-state index in [0.29, 0.717) is 12.1 Å². The predicted molar refractivity (Wildman–Crippen MR) is 113 cm³/mol. The number of benzene rings is 1. The van der Waals surface area contributed by atoms with Crippen molar-refractivity contribution in [3.8, 4) is 11.8 Å². The van der Waals surface area contributed by atoms with Gasteiger partial charge in [0.05, 0.1) is 0 Å². The summed E-state index contributed by atoms with van der Waals surface area (Å²) in [6.07, 6.45) is 6.96. The Morgan fingerprint density at radius 2 is 2.00 bits per heavy atom. The van der Waals surface area contributed by atoms with Crippen LogP contribution in [-0.2, 0) is 11.2 Å². The van der Waals surface area contributed by atoms with Crippen LogP contribution < -0.4 is 5.32 Å². The molecule has 0 fully saturated rings. The Kier molecular flexibility index (Phi) is 6.88. The van der Waals surface area contributed by atoms with Gasteiger partial charge in [-0.05, 0) is 72.5 Å². The van der Waals surface area contributed by atoms with E-state index in [4.69, 9.17) is 12.2 Å². The van der Waals surface area contributed by atoms with Crippen LogP contribution in [0.25, 0.3) is 11.0 Å². The van der Waals surface area contributed by atoms with Gasteiger partial charge in [-0.1, -0.05) is 18.1 Å². The molecule has 0 spiro atoms. The monoisotopic (exact) mass is 393 g/mol. The summed E-state index contributed by atoms with van der Waals surface area (Å²) < 4.78 is 12.8. The minimum atomic E-state index is -0.345. The number of nitrogens with zero attached hydrogens (tertiary/aromatic N) is 1. The lowest BCUT2D eigenvalue weighted by Crippen LogP contribution is -2.23. The molecule has 0 aliphatic rings. The summed E-state index contributed by atoms with van der Waals surface area (Å²) in [5.41, 5.74) is 2.73. The Bertz CT molecular complexity index is 1030. The quantitative estimate of drug-likeness (QED) is 0.363. The third-order valence-electron chi connectivity index (χ3n) is 4.31. The van der Waals surface area contributed by atoms with Gasteiger partial charge in [-0.2, -0.15) is 0 Å². The Hall–Kier alpha value is -3.04. The van der Waals surface area contributed by atoms with Crippen LogP contribution in [-0.4, -0.2) is 27.3 Å². The molecular weight excluding hydrogens is 373 g/mol. The number of pyridine rings is 1. The third-order valence-corrected chi connectivity index (χ3v) is 4.71. The van der Waals surface area contributed by atoms with Gasteiger partial charge in [0.15, 0.2) is 0 Å². The van der Waals surface area contributed by atoms with E-state index in [1.54, 1.807) is 6.20 Å². The average molecular weight is 393 g/mol. The van der Waals surface area contributed by atoms with Gasteiger partial charge in [-0.25, -0.2) is 9.37 Å². The molecule has 2 aromatic heterocycles. The molecule has 3 rings (SSSR count). The van der Waals surface area contributed by atoms with Gasteiger partial charge in [0.25, 0.3) is 5.91 Å². The number of carbonyl (C=O) groups excluding carboxylic acids is 1. The molecule has 0 saturated carbocycles. The lowest BCUT2D eigenvalue weighted by Gasteiger charge is -2.06. The third kappa shape index (κ3) is 5.73. The second-order valence-corrected chi connectivity index (χ2v) is 6.94. The van der Waals surface area contributed by atoms with Crippen LogP contribution in [0.3, 0.4) is 0 Å². The van der Waals surface area contributed by atoms with Gasteiger partial charge in [-0.3, -0.25) is 4.79 Å². The number of thiocarbonyl (C=S) groups is 1. The highest BCUT2D eigenvalue weighted by molar-refractivity contribution is 7.80. The SMILES string of the molecule is O=C(C#Cc1ccc(F)cc1)NCCCC(=S)CCc1ccnc2[nH]ccc12. The highest BCUT2D eigenvalue weighted by atomic mass is 32.1. The number of aromatic amines is 1. The van der Waals surface area contributed by atoms with E-state index in [1.165, 1.54) is 29.8 Å². The summed E-state index contributed by atoms with van der Waals surface area (Å²) in [7, 11) is 0. The van der Waals surface area contributed by atoms with E-state index in [-0.39, 0.29) is 11.7 Å². The molecular formula is C22H20FN3OS. The molecule has 28 heavy (non-hydrogen) atoms.